The third-order valence-corrected chi connectivity index (χ3v) is 5.24. The molecule has 0 aliphatic heterocycles. The molecule has 2 heterocycles. The lowest BCUT2D eigenvalue weighted by molar-refractivity contribution is 0.221. The van der Waals surface area contributed by atoms with Gasteiger partial charge in [-0.15, -0.1) is 25.2 Å². The molecule has 0 amide bonds. The maximum Gasteiger partial charge on any atom is 0.158 e. The summed E-state index contributed by atoms with van der Waals surface area (Å²) < 4.78 is 16.1. The van der Waals surface area contributed by atoms with Crippen LogP contribution in [0.2, 0.25) is 0 Å². The molecule has 0 aliphatic rings. The standard InChI is InChI=1S/C24H31FN6.C3H8.C3H4.C2H2/c1-7-26-23-21(17(4)30(8-2)9-3)28-22(29-23)19-14-27-31(16-19)15-18-11-10-12-20(13-18)24(5,6)25;2*1-3-2;1-2/h7,10-14,16,26H,1,4,8-9,15H2,2-3,5-6H3,(H,28,29);3H2,1-2H3;1H,2H3;1-2H. The molecule has 3 rings (SSSR count). The van der Waals surface area contributed by atoms with Gasteiger partial charge in [-0.1, -0.05) is 57.7 Å². The van der Waals surface area contributed by atoms with Gasteiger partial charge in [0.15, 0.2) is 5.82 Å². The van der Waals surface area contributed by atoms with Crippen LogP contribution in [-0.2, 0) is 12.2 Å². The number of anilines is 1. The summed E-state index contributed by atoms with van der Waals surface area (Å²) in [6, 6.07) is 7.54. The van der Waals surface area contributed by atoms with Gasteiger partial charge in [-0.05, 0) is 51.9 Å². The molecule has 0 unspecified atom stereocenters. The van der Waals surface area contributed by atoms with E-state index in [1.54, 1.807) is 39.2 Å². The van der Waals surface area contributed by atoms with Crippen LogP contribution in [0, 0.1) is 25.2 Å². The maximum absolute atomic E-state index is 14.3. The van der Waals surface area contributed by atoms with Crippen molar-refractivity contribution < 1.29 is 4.39 Å². The van der Waals surface area contributed by atoms with E-state index in [1.165, 1.54) is 6.42 Å². The molecular weight excluding hydrogens is 487 g/mol. The van der Waals surface area contributed by atoms with Gasteiger partial charge < -0.3 is 15.2 Å². The molecule has 0 radical (unpaired) electrons. The van der Waals surface area contributed by atoms with E-state index in [0.717, 1.165) is 35.6 Å². The lowest BCUT2D eigenvalue weighted by Crippen LogP contribution is -2.21. The Balaban J connectivity index is 0.00000162. The second-order valence-electron chi connectivity index (χ2n) is 8.87. The van der Waals surface area contributed by atoms with Gasteiger partial charge in [0, 0.05) is 19.3 Å². The highest BCUT2D eigenvalue weighted by atomic mass is 19.1. The monoisotopic (exact) mass is 532 g/mol. The van der Waals surface area contributed by atoms with E-state index < -0.39 is 5.67 Å². The maximum atomic E-state index is 14.3. The van der Waals surface area contributed by atoms with Gasteiger partial charge in [-0.3, -0.25) is 4.68 Å². The Labute approximate surface area is 235 Å². The highest BCUT2D eigenvalue weighted by Crippen LogP contribution is 2.28. The zero-order chi connectivity index (χ0) is 30.0. The summed E-state index contributed by atoms with van der Waals surface area (Å²) in [6.07, 6.45) is 19.1. The summed E-state index contributed by atoms with van der Waals surface area (Å²) >= 11 is 0. The van der Waals surface area contributed by atoms with Crippen LogP contribution in [0.3, 0.4) is 0 Å². The van der Waals surface area contributed by atoms with Crippen LogP contribution in [0.5, 0.6) is 0 Å². The molecule has 0 saturated heterocycles. The minimum absolute atomic E-state index is 0.543. The largest absolute Gasteiger partial charge is 0.371 e. The number of nitrogens with zero attached hydrogens (tertiary/aromatic N) is 4. The fourth-order valence-electron chi connectivity index (χ4n) is 3.48. The first kappa shape index (κ1) is 34.8. The number of rotatable bonds is 10. The summed E-state index contributed by atoms with van der Waals surface area (Å²) in [5, 5.41) is 7.55. The Kier molecular flexibility index (Phi) is 16.1. The van der Waals surface area contributed by atoms with Gasteiger partial charge in [-0.25, -0.2) is 9.37 Å². The average molecular weight is 533 g/mol. The van der Waals surface area contributed by atoms with Gasteiger partial charge in [0.05, 0.1) is 24.0 Å². The highest BCUT2D eigenvalue weighted by Gasteiger charge is 2.19. The molecule has 2 N–H and O–H groups in total. The normalized spacial score (nSPS) is 9.77. The average Bonchev–Trinajstić information content (AvgIpc) is 3.54. The zero-order valence-electron chi connectivity index (χ0n) is 24.7. The summed E-state index contributed by atoms with van der Waals surface area (Å²) in [4.78, 5) is 10.2. The van der Waals surface area contributed by atoms with Gasteiger partial charge in [-0.2, -0.15) is 5.10 Å². The first-order valence-electron chi connectivity index (χ1n) is 13.0. The van der Waals surface area contributed by atoms with E-state index in [9.17, 15) is 4.39 Å². The van der Waals surface area contributed by atoms with Crippen molar-refractivity contribution in [1.82, 2.24) is 24.6 Å². The fraction of sp³-hybridized carbons (Fsp3) is 0.375. The zero-order valence-corrected chi connectivity index (χ0v) is 24.7. The number of hydrogen-bond donors (Lipinski definition) is 2. The summed E-state index contributed by atoms with van der Waals surface area (Å²) in [5.41, 5.74) is 2.81. The van der Waals surface area contributed by atoms with Crippen LogP contribution in [0.1, 0.15) is 71.7 Å². The molecule has 39 heavy (non-hydrogen) atoms. The Bertz CT molecular complexity index is 1200. The third-order valence-electron chi connectivity index (χ3n) is 5.24. The molecule has 6 nitrogen and oxygen atoms in total. The quantitative estimate of drug-likeness (QED) is 0.263. The van der Waals surface area contributed by atoms with E-state index in [4.69, 9.17) is 0 Å². The van der Waals surface area contributed by atoms with Gasteiger partial charge in [0.25, 0.3) is 0 Å². The van der Waals surface area contributed by atoms with E-state index in [2.05, 4.69) is 91.3 Å². The number of halogens is 1. The minimum atomic E-state index is -1.38. The molecule has 0 aliphatic carbocycles. The van der Waals surface area contributed by atoms with Crippen molar-refractivity contribution in [1.29, 1.82) is 0 Å². The molecule has 0 spiro atoms. The molecular formula is C32H45FN6. The third kappa shape index (κ3) is 11.0. The summed E-state index contributed by atoms with van der Waals surface area (Å²) in [7, 11) is 0. The molecule has 3 aromatic rings. The number of aromatic amines is 1. The Morgan fingerprint density at radius 2 is 1.82 bits per heavy atom. The number of alkyl halides is 1. The van der Waals surface area contributed by atoms with Crippen molar-refractivity contribution in [3.05, 3.63) is 72.8 Å². The van der Waals surface area contributed by atoms with E-state index in [-0.39, 0.29) is 0 Å². The SMILES string of the molecule is C#C.C#CC.C=CNc1nc(-c2cnn(Cc3cccc(C(C)(C)F)c3)c2)[nH]c1C(=C)N(CC)CC.CCC. The van der Waals surface area contributed by atoms with Gasteiger partial charge in [0.2, 0.25) is 0 Å². The lowest BCUT2D eigenvalue weighted by Gasteiger charge is -2.23. The Morgan fingerprint density at radius 3 is 2.33 bits per heavy atom. The van der Waals surface area contributed by atoms with Gasteiger partial charge in [0.1, 0.15) is 17.2 Å². The number of nitrogens with one attached hydrogen (secondary N) is 2. The lowest BCUT2D eigenvalue weighted by atomic mass is 9.98. The molecule has 0 bridgehead atoms. The number of benzene rings is 1. The van der Waals surface area contributed by atoms with Crippen LogP contribution in [-0.4, -0.2) is 37.7 Å². The fourth-order valence-corrected chi connectivity index (χ4v) is 3.48. The first-order chi connectivity index (χ1) is 18.6. The smallest absolute Gasteiger partial charge is 0.158 e. The number of hydrogen-bond acceptors (Lipinski definition) is 4. The van der Waals surface area contributed by atoms with Crippen LogP contribution in [0.15, 0.2) is 56.0 Å². The van der Waals surface area contributed by atoms with Crippen LogP contribution < -0.4 is 5.32 Å². The van der Waals surface area contributed by atoms with Crippen molar-refractivity contribution in [3.63, 3.8) is 0 Å². The molecule has 210 valence electrons. The van der Waals surface area contributed by atoms with Crippen LogP contribution >= 0.6 is 0 Å². The second-order valence-corrected chi connectivity index (χ2v) is 8.87. The predicted molar refractivity (Wildman–Crippen MR) is 166 cm³/mol. The van der Waals surface area contributed by atoms with E-state index in [1.807, 2.05) is 29.1 Å². The van der Waals surface area contributed by atoms with Crippen molar-refractivity contribution in [2.24, 2.45) is 0 Å². The van der Waals surface area contributed by atoms with Crippen molar-refractivity contribution in [3.8, 4) is 36.6 Å². The Morgan fingerprint density at radius 1 is 1.23 bits per heavy atom. The van der Waals surface area contributed by atoms with Crippen LogP contribution in [0.25, 0.3) is 17.1 Å². The molecule has 1 aromatic carbocycles. The molecule has 7 heteroatoms. The van der Waals surface area contributed by atoms with Crippen molar-refractivity contribution in [2.45, 2.75) is 67.1 Å². The molecule has 2 aromatic heterocycles. The summed E-state index contributed by atoms with van der Waals surface area (Å²) in [6.45, 7) is 23.4. The molecule has 0 saturated carbocycles. The van der Waals surface area contributed by atoms with Crippen LogP contribution in [0.4, 0.5) is 10.2 Å². The topological polar surface area (TPSA) is 61.8 Å². The van der Waals surface area contributed by atoms with E-state index >= 15 is 0 Å². The number of imidazole rings is 1. The van der Waals surface area contributed by atoms with Gasteiger partial charge >= 0.3 is 0 Å². The number of aromatic nitrogens is 4. The minimum Gasteiger partial charge on any atom is -0.371 e. The van der Waals surface area contributed by atoms with E-state index in [0.29, 0.717) is 23.8 Å². The number of H-pyrrole nitrogens is 1. The summed E-state index contributed by atoms with van der Waals surface area (Å²) in [5.74, 6) is 3.62. The van der Waals surface area contributed by atoms with Crippen molar-refractivity contribution >= 4 is 11.5 Å². The number of terminal acetylenes is 2. The Hall–Kier alpha value is -4.23. The van der Waals surface area contributed by atoms with Crippen molar-refractivity contribution in [2.75, 3.05) is 18.4 Å². The molecule has 0 atom stereocenters. The highest BCUT2D eigenvalue weighted by molar-refractivity contribution is 5.73. The first-order valence-corrected chi connectivity index (χ1v) is 13.0. The molecule has 0 fully saturated rings. The second kappa shape index (κ2) is 18.1. The predicted octanol–water partition coefficient (Wildman–Crippen LogP) is 7.70.